The first kappa shape index (κ1) is 12.4. The van der Waals surface area contributed by atoms with Crippen LogP contribution in [0.15, 0.2) is 84.5 Å². The van der Waals surface area contributed by atoms with Crippen LogP contribution in [-0.4, -0.2) is 0 Å². The number of benzene rings is 2. The van der Waals surface area contributed by atoms with E-state index >= 15 is 0 Å². The van der Waals surface area contributed by atoms with Gasteiger partial charge in [0.05, 0.1) is 0 Å². The highest BCUT2D eigenvalue weighted by Crippen LogP contribution is 2.46. The number of hydrogen-bond donors (Lipinski definition) is 0. The maximum absolute atomic E-state index is 6.23. The predicted octanol–water partition coefficient (Wildman–Crippen LogP) is 5.80. The highest BCUT2D eigenvalue weighted by Gasteiger charge is 2.24. The molecule has 21 heavy (non-hydrogen) atoms. The molecule has 2 aliphatic rings. The highest BCUT2D eigenvalue weighted by atomic mass is 35.5. The SMILES string of the molecule is Clc1ccc2c(c1)C(=C1C=CC=CC=C1)c1ccccc1-2. The molecule has 0 amide bonds. The molecule has 0 heterocycles. The van der Waals surface area contributed by atoms with Crippen LogP contribution in [0.1, 0.15) is 11.1 Å². The Morgan fingerprint density at radius 2 is 1.29 bits per heavy atom. The molecule has 0 saturated carbocycles. The Kier molecular flexibility index (Phi) is 2.90. The van der Waals surface area contributed by atoms with E-state index in [1.807, 2.05) is 18.2 Å². The summed E-state index contributed by atoms with van der Waals surface area (Å²) in [5.41, 5.74) is 7.52. The zero-order valence-electron chi connectivity index (χ0n) is 11.4. The van der Waals surface area contributed by atoms with Gasteiger partial charge in [-0.2, -0.15) is 0 Å². The molecule has 100 valence electrons. The minimum atomic E-state index is 0.777. The number of rotatable bonds is 0. The summed E-state index contributed by atoms with van der Waals surface area (Å²) in [7, 11) is 0. The molecule has 0 fully saturated rings. The number of hydrogen-bond acceptors (Lipinski definition) is 0. The summed E-state index contributed by atoms with van der Waals surface area (Å²) in [5.74, 6) is 0. The van der Waals surface area contributed by atoms with Gasteiger partial charge in [-0.05, 0) is 45.5 Å². The van der Waals surface area contributed by atoms with Gasteiger partial charge >= 0.3 is 0 Å². The molecule has 1 heteroatoms. The van der Waals surface area contributed by atoms with E-state index in [-0.39, 0.29) is 0 Å². The van der Waals surface area contributed by atoms with Crippen LogP contribution >= 0.6 is 11.6 Å². The van der Waals surface area contributed by atoms with Gasteiger partial charge < -0.3 is 0 Å². The second-order valence-electron chi connectivity index (χ2n) is 5.17. The molecule has 0 spiro atoms. The lowest BCUT2D eigenvalue weighted by atomic mass is 9.97. The Morgan fingerprint density at radius 1 is 0.619 bits per heavy atom. The quantitative estimate of drug-likeness (QED) is 0.490. The highest BCUT2D eigenvalue weighted by molar-refractivity contribution is 6.31. The zero-order chi connectivity index (χ0) is 14.2. The van der Waals surface area contributed by atoms with Crippen molar-refractivity contribution in [1.82, 2.24) is 0 Å². The average molecular weight is 289 g/mol. The number of halogens is 1. The van der Waals surface area contributed by atoms with Gasteiger partial charge in [0.1, 0.15) is 0 Å². The maximum Gasteiger partial charge on any atom is 0.0412 e. The minimum absolute atomic E-state index is 0.777. The van der Waals surface area contributed by atoms with E-state index in [2.05, 4.69) is 60.7 Å². The van der Waals surface area contributed by atoms with Crippen molar-refractivity contribution >= 4 is 17.2 Å². The van der Waals surface area contributed by atoms with Crippen molar-refractivity contribution in [2.45, 2.75) is 0 Å². The van der Waals surface area contributed by atoms with Gasteiger partial charge in [0.15, 0.2) is 0 Å². The first-order valence-corrected chi connectivity index (χ1v) is 7.38. The van der Waals surface area contributed by atoms with Crippen LogP contribution in [0.5, 0.6) is 0 Å². The van der Waals surface area contributed by atoms with Crippen LogP contribution in [-0.2, 0) is 0 Å². The summed E-state index contributed by atoms with van der Waals surface area (Å²) >= 11 is 6.23. The fraction of sp³-hybridized carbons (Fsp3) is 0. The fourth-order valence-corrected chi connectivity index (χ4v) is 3.19. The van der Waals surface area contributed by atoms with Crippen LogP contribution < -0.4 is 0 Å². The molecule has 2 aliphatic carbocycles. The first-order valence-electron chi connectivity index (χ1n) is 7.00. The summed E-state index contributed by atoms with van der Waals surface area (Å²) in [6, 6.07) is 14.7. The lowest BCUT2D eigenvalue weighted by molar-refractivity contribution is 1.61. The Morgan fingerprint density at radius 3 is 2.05 bits per heavy atom. The summed E-state index contributed by atoms with van der Waals surface area (Å²) in [6.45, 7) is 0. The molecule has 4 rings (SSSR count). The third-order valence-corrected chi connectivity index (χ3v) is 4.15. The maximum atomic E-state index is 6.23. The monoisotopic (exact) mass is 288 g/mol. The van der Waals surface area contributed by atoms with E-state index in [4.69, 9.17) is 11.6 Å². The third kappa shape index (κ3) is 2.00. The predicted molar refractivity (Wildman–Crippen MR) is 90.3 cm³/mol. The Labute approximate surface area is 129 Å². The topological polar surface area (TPSA) is 0 Å². The number of allylic oxidation sites excluding steroid dienone is 7. The van der Waals surface area contributed by atoms with Crippen LogP contribution in [0, 0.1) is 0 Å². The van der Waals surface area contributed by atoms with Gasteiger partial charge in [-0.25, -0.2) is 0 Å². The smallest absolute Gasteiger partial charge is 0.0412 e. The molecule has 0 saturated heterocycles. The van der Waals surface area contributed by atoms with Gasteiger partial charge in [-0.3, -0.25) is 0 Å². The summed E-state index contributed by atoms with van der Waals surface area (Å²) in [4.78, 5) is 0. The van der Waals surface area contributed by atoms with E-state index in [0.29, 0.717) is 0 Å². The van der Waals surface area contributed by atoms with Crippen molar-refractivity contribution in [3.63, 3.8) is 0 Å². The lowest BCUT2D eigenvalue weighted by Gasteiger charge is -2.07. The fourth-order valence-electron chi connectivity index (χ4n) is 3.02. The minimum Gasteiger partial charge on any atom is -0.0843 e. The second kappa shape index (κ2) is 4.91. The molecule has 0 aliphatic heterocycles. The van der Waals surface area contributed by atoms with E-state index < -0.39 is 0 Å². The van der Waals surface area contributed by atoms with Crippen molar-refractivity contribution in [2.75, 3.05) is 0 Å². The molecular formula is C20H13Cl. The Balaban J connectivity index is 2.08. The third-order valence-electron chi connectivity index (χ3n) is 3.91. The van der Waals surface area contributed by atoms with Crippen LogP contribution in [0.4, 0.5) is 0 Å². The molecule has 0 atom stereocenters. The molecule has 0 unspecified atom stereocenters. The van der Waals surface area contributed by atoms with Crippen molar-refractivity contribution in [3.8, 4) is 11.1 Å². The normalized spacial score (nSPS) is 15.1. The van der Waals surface area contributed by atoms with Gasteiger partial charge in [-0.15, -0.1) is 0 Å². The molecule has 0 radical (unpaired) electrons. The van der Waals surface area contributed by atoms with Crippen LogP contribution in [0.25, 0.3) is 16.7 Å². The zero-order valence-corrected chi connectivity index (χ0v) is 12.1. The van der Waals surface area contributed by atoms with E-state index in [1.54, 1.807) is 0 Å². The molecule has 0 nitrogen and oxygen atoms in total. The summed E-state index contributed by atoms with van der Waals surface area (Å²) < 4.78 is 0. The molecule has 0 aromatic heterocycles. The largest absolute Gasteiger partial charge is 0.0843 e. The van der Waals surface area contributed by atoms with Crippen LogP contribution in [0.2, 0.25) is 5.02 Å². The van der Waals surface area contributed by atoms with E-state index in [1.165, 1.54) is 33.4 Å². The first-order chi connectivity index (χ1) is 10.3. The molecule has 2 aromatic carbocycles. The van der Waals surface area contributed by atoms with Gasteiger partial charge in [-0.1, -0.05) is 78.4 Å². The average Bonchev–Trinajstić information content (AvgIpc) is 2.66. The Bertz CT molecular complexity index is 830. The summed E-state index contributed by atoms with van der Waals surface area (Å²) in [6.07, 6.45) is 12.6. The summed E-state index contributed by atoms with van der Waals surface area (Å²) in [5, 5.41) is 0.777. The second-order valence-corrected chi connectivity index (χ2v) is 5.61. The molecule has 0 N–H and O–H groups in total. The van der Waals surface area contributed by atoms with Crippen molar-refractivity contribution in [1.29, 1.82) is 0 Å². The lowest BCUT2D eigenvalue weighted by Crippen LogP contribution is -1.86. The Hall–Kier alpha value is -2.31. The molecule has 0 bridgehead atoms. The standard InChI is InChI=1S/C20H13Cl/c21-15-11-12-17-16-9-5-6-10-18(16)20(19(17)13-15)14-7-3-1-2-4-8-14/h1-13H. The van der Waals surface area contributed by atoms with Gasteiger partial charge in [0.2, 0.25) is 0 Å². The number of fused-ring (bicyclic) bond motifs is 3. The molecule has 2 aromatic rings. The van der Waals surface area contributed by atoms with E-state index in [0.717, 1.165) is 5.02 Å². The van der Waals surface area contributed by atoms with Crippen molar-refractivity contribution in [2.24, 2.45) is 0 Å². The van der Waals surface area contributed by atoms with Crippen LogP contribution in [0.3, 0.4) is 0 Å². The van der Waals surface area contributed by atoms with Crippen molar-refractivity contribution in [3.05, 3.63) is 101 Å². The van der Waals surface area contributed by atoms with Crippen molar-refractivity contribution < 1.29 is 0 Å². The van der Waals surface area contributed by atoms with Gasteiger partial charge in [0, 0.05) is 5.02 Å². The van der Waals surface area contributed by atoms with E-state index in [9.17, 15) is 0 Å². The molecular weight excluding hydrogens is 276 g/mol. The van der Waals surface area contributed by atoms with Gasteiger partial charge in [0.25, 0.3) is 0 Å².